The maximum Gasteiger partial charge on any atom is 0.189 e. The van der Waals surface area contributed by atoms with Gasteiger partial charge in [0.15, 0.2) is 12.5 Å². The third-order valence-electron chi connectivity index (χ3n) is 4.39. The van der Waals surface area contributed by atoms with Gasteiger partial charge in [0, 0.05) is 0 Å². The lowest BCUT2D eigenvalue weighted by Gasteiger charge is -2.37. The van der Waals surface area contributed by atoms with Crippen molar-refractivity contribution in [1.82, 2.24) is 0 Å². The number of methoxy groups -OCH3 is 1. The Balaban J connectivity index is 1.78. The van der Waals surface area contributed by atoms with Crippen molar-refractivity contribution in [2.75, 3.05) is 7.11 Å². The molecule has 1 saturated heterocycles. The minimum absolute atomic E-state index is 0.573. The maximum absolute atomic E-state index is 13.5. The van der Waals surface area contributed by atoms with Gasteiger partial charge in [-0.05, 0) is 35.2 Å². The molecule has 1 aliphatic heterocycles. The highest BCUT2D eigenvalue weighted by Crippen LogP contribution is 2.33. The van der Waals surface area contributed by atoms with Crippen molar-refractivity contribution in [1.29, 1.82) is 0 Å². The fraction of sp³-hybridized carbons (Fsp3) is 0.368. The molecule has 25 heavy (non-hydrogen) atoms. The standard InChI is InChI=1S/C19H21FO5/c1-24-14-7-5-11(6-8-14)9-12-3-2-4-13(10-12)18-17(22)16(21)15(20)19(23)25-18/h2-8,10,15-19,21-23H,9H2,1H3/t15?,16-,17+,18-,19-/m0/s1. The molecule has 1 fully saturated rings. The van der Waals surface area contributed by atoms with Crippen molar-refractivity contribution in [3.63, 3.8) is 0 Å². The van der Waals surface area contributed by atoms with Gasteiger partial charge in [0.2, 0.25) is 0 Å². The van der Waals surface area contributed by atoms with E-state index in [1.54, 1.807) is 19.2 Å². The van der Waals surface area contributed by atoms with E-state index < -0.39 is 30.8 Å². The first-order valence-electron chi connectivity index (χ1n) is 8.05. The van der Waals surface area contributed by atoms with E-state index in [4.69, 9.17) is 9.47 Å². The number of hydrogen-bond acceptors (Lipinski definition) is 5. The van der Waals surface area contributed by atoms with Gasteiger partial charge in [0.25, 0.3) is 0 Å². The summed E-state index contributed by atoms with van der Waals surface area (Å²) in [6, 6.07) is 14.9. The first-order chi connectivity index (χ1) is 12.0. The van der Waals surface area contributed by atoms with E-state index in [2.05, 4.69) is 0 Å². The van der Waals surface area contributed by atoms with Crippen LogP contribution in [0.25, 0.3) is 0 Å². The molecule has 134 valence electrons. The third kappa shape index (κ3) is 3.82. The second-order valence-corrected chi connectivity index (χ2v) is 6.14. The Labute approximate surface area is 145 Å². The molecule has 0 bridgehead atoms. The van der Waals surface area contributed by atoms with Crippen LogP contribution in [0, 0.1) is 0 Å². The number of aliphatic hydroxyl groups is 3. The number of alkyl halides is 1. The fourth-order valence-electron chi connectivity index (χ4n) is 2.98. The highest BCUT2D eigenvalue weighted by atomic mass is 19.1. The second kappa shape index (κ2) is 7.49. The summed E-state index contributed by atoms with van der Waals surface area (Å²) in [4.78, 5) is 0. The Morgan fingerprint density at radius 1 is 1.00 bits per heavy atom. The van der Waals surface area contributed by atoms with E-state index in [9.17, 15) is 19.7 Å². The summed E-state index contributed by atoms with van der Waals surface area (Å²) in [5, 5.41) is 29.4. The van der Waals surface area contributed by atoms with Crippen LogP contribution in [0.2, 0.25) is 0 Å². The van der Waals surface area contributed by atoms with Gasteiger partial charge in [-0.1, -0.05) is 36.4 Å². The maximum atomic E-state index is 13.5. The average Bonchev–Trinajstić information content (AvgIpc) is 2.64. The van der Waals surface area contributed by atoms with Crippen molar-refractivity contribution < 1.29 is 29.2 Å². The zero-order valence-electron chi connectivity index (χ0n) is 13.7. The van der Waals surface area contributed by atoms with E-state index in [0.717, 1.165) is 16.9 Å². The molecule has 1 unspecified atom stereocenters. The highest BCUT2D eigenvalue weighted by molar-refractivity contribution is 5.34. The summed E-state index contributed by atoms with van der Waals surface area (Å²) in [7, 11) is 1.61. The molecule has 0 amide bonds. The van der Waals surface area contributed by atoms with Crippen LogP contribution in [0.3, 0.4) is 0 Å². The van der Waals surface area contributed by atoms with Crippen LogP contribution in [0.5, 0.6) is 5.75 Å². The van der Waals surface area contributed by atoms with Gasteiger partial charge in [-0.2, -0.15) is 0 Å². The van der Waals surface area contributed by atoms with Gasteiger partial charge in [0.1, 0.15) is 24.1 Å². The van der Waals surface area contributed by atoms with E-state index in [0.29, 0.717) is 12.0 Å². The number of rotatable bonds is 4. The number of ether oxygens (including phenoxy) is 2. The summed E-state index contributed by atoms with van der Waals surface area (Å²) in [6.45, 7) is 0. The van der Waals surface area contributed by atoms with Gasteiger partial charge in [0.05, 0.1) is 7.11 Å². The largest absolute Gasteiger partial charge is 0.497 e. The Morgan fingerprint density at radius 2 is 1.72 bits per heavy atom. The molecule has 0 saturated carbocycles. The molecule has 1 aliphatic rings. The Bertz CT molecular complexity index is 705. The smallest absolute Gasteiger partial charge is 0.189 e. The molecule has 1 heterocycles. The second-order valence-electron chi connectivity index (χ2n) is 6.14. The van der Waals surface area contributed by atoms with Crippen molar-refractivity contribution in [3.8, 4) is 5.75 Å². The SMILES string of the molecule is COc1ccc(Cc2cccc([C@@H]3O[C@H](O)C(F)[C@H](O)[C@H]3O)c2)cc1. The van der Waals surface area contributed by atoms with Gasteiger partial charge < -0.3 is 24.8 Å². The quantitative estimate of drug-likeness (QED) is 0.784. The van der Waals surface area contributed by atoms with Crippen LogP contribution in [0.4, 0.5) is 4.39 Å². The Hall–Kier alpha value is -1.99. The monoisotopic (exact) mass is 348 g/mol. The third-order valence-corrected chi connectivity index (χ3v) is 4.39. The molecule has 0 spiro atoms. The molecule has 3 N–H and O–H groups in total. The fourth-order valence-corrected chi connectivity index (χ4v) is 2.98. The lowest BCUT2D eigenvalue weighted by molar-refractivity contribution is -0.268. The van der Waals surface area contributed by atoms with Crippen LogP contribution in [0.15, 0.2) is 48.5 Å². The zero-order chi connectivity index (χ0) is 18.0. The Kier molecular flexibility index (Phi) is 5.34. The van der Waals surface area contributed by atoms with Crippen LogP contribution in [0.1, 0.15) is 22.8 Å². The van der Waals surface area contributed by atoms with E-state index in [1.807, 2.05) is 36.4 Å². The van der Waals surface area contributed by atoms with Gasteiger partial charge in [-0.15, -0.1) is 0 Å². The molecule has 0 radical (unpaired) electrons. The molecule has 2 aromatic rings. The van der Waals surface area contributed by atoms with Gasteiger partial charge in [-0.25, -0.2) is 4.39 Å². The topological polar surface area (TPSA) is 79.2 Å². The van der Waals surface area contributed by atoms with Crippen molar-refractivity contribution in [2.24, 2.45) is 0 Å². The molecule has 6 heteroatoms. The van der Waals surface area contributed by atoms with Crippen LogP contribution < -0.4 is 4.74 Å². The summed E-state index contributed by atoms with van der Waals surface area (Å²) in [5.74, 6) is 0.778. The first-order valence-corrected chi connectivity index (χ1v) is 8.05. The van der Waals surface area contributed by atoms with Crippen LogP contribution in [-0.2, 0) is 11.2 Å². The number of hydrogen-bond donors (Lipinski definition) is 3. The Morgan fingerprint density at radius 3 is 2.40 bits per heavy atom. The van der Waals surface area contributed by atoms with Crippen LogP contribution in [-0.4, -0.2) is 47.1 Å². The minimum Gasteiger partial charge on any atom is -0.497 e. The van der Waals surface area contributed by atoms with E-state index >= 15 is 0 Å². The lowest BCUT2D eigenvalue weighted by atomic mass is 9.92. The van der Waals surface area contributed by atoms with Crippen molar-refractivity contribution in [3.05, 3.63) is 65.2 Å². The predicted molar refractivity (Wildman–Crippen MR) is 89.0 cm³/mol. The summed E-state index contributed by atoms with van der Waals surface area (Å²) in [5.41, 5.74) is 2.61. The average molecular weight is 348 g/mol. The van der Waals surface area contributed by atoms with E-state index in [-0.39, 0.29) is 0 Å². The molecular formula is C19H21FO5. The molecule has 5 atom stereocenters. The first kappa shape index (κ1) is 17.8. The number of halogens is 1. The van der Waals surface area contributed by atoms with Gasteiger partial charge >= 0.3 is 0 Å². The lowest BCUT2D eigenvalue weighted by Crippen LogP contribution is -2.52. The summed E-state index contributed by atoms with van der Waals surface area (Å²) < 4.78 is 23.8. The van der Waals surface area contributed by atoms with Gasteiger partial charge in [-0.3, -0.25) is 0 Å². The molecule has 0 aromatic heterocycles. The molecular weight excluding hydrogens is 327 g/mol. The summed E-state index contributed by atoms with van der Waals surface area (Å²) in [6.07, 6.45) is -7.29. The van der Waals surface area contributed by atoms with E-state index in [1.165, 1.54) is 0 Å². The van der Waals surface area contributed by atoms with Crippen molar-refractivity contribution in [2.45, 2.75) is 37.2 Å². The molecule has 0 aliphatic carbocycles. The molecule has 2 aromatic carbocycles. The normalized spacial score (nSPS) is 29.4. The number of benzene rings is 2. The van der Waals surface area contributed by atoms with Crippen molar-refractivity contribution >= 4 is 0 Å². The highest BCUT2D eigenvalue weighted by Gasteiger charge is 2.44. The zero-order valence-corrected chi connectivity index (χ0v) is 13.7. The number of aliphatic hydroxyl groups excluding tert-OH is 3. The van der Waals surface area contributed by atoms with Crippen LogP contribution >= 0.6 is 0 Å². The minimum atomic E-state index is -2.03. The predicted octanol–water partition coefficient (Wildman–Crippen LogP) is 1.74. The molecule has 5 nitrogen and oxygen atoms in total. The summed E-state index contributed by atoms with van der Waals surface area (Å²) >= 11 is 0. The molecule has 3 rings (SSSR count).